The molecule has 1 aliphatic rings. The lowest BCUT2D eigenvalue weighted by Gasteiger charge is -2.25. The molecule has 118 valence electrons. The first-order valence-electron chi connectivity index (χ1n) is 7.26. The summed E-state index contributed by atoms with van der Waals surface area (Å²) in [7, 11) is 0.308. The average molecular weight is 331 g/mol. The first kappa shape index (κ1) is 16.7. The lowest BCUT2D eigenvalue weighted by atomic mass is 10.2. The minimum Gasteiger partial charge on any atom is -0.302 e. The Morgan fingerprint density at radius 3 is 2.52 bits per heavy atom. The smallest absolute Gasteiger partial charge is 0.242 e. The third-order valence-corrected chi connectivity index (χ3v) is 6.18. The molecular formula is C15H23ClN2O2S. The molecule has 1 saturated heterocycles. The Balaban J connectivity index is 2.09. The molecule has 0 radical (unpaired) electrons. The van der Waals surface area contributed by atoms with Crippen LogP contribution in [0.2, 0.25) is 0 Å². The molecule has 4 nitrogen and oxygen atoms in total. The number of likely N-dealkylation sites (tertiary alicyclic amines) is 1. The maximum atomic E-state index is 12.6. The summed E-state index contributed by atoms with van der Waals surface area (Å²) in [5.41, 5.74) is 1.06. The zero-order valence-electron chi connectivity index (χ0n) is 12.6. The molecule has 0 saturated carbocycles. The van der Waals surface area contributed by atoms with E-state index in [-0.39, 0.29) is 0 Å². The number of rotatable bonds is 6. The molecule has 2 rings (SSSR count). The Labute approximate surface area is 132 Å². The molecule has 1 fully saturated rings. The molecule has 21 heavy (non-hydrogen) atoms. The Morgan fingerprint density at radius 2 is 2.00 bits per heavy atom. The van der Waals surface area contributed by atoms with Crippen LogP contribution in [0, 0.1) is 0 Å². The van der Waals surface area contributed by atoms with Crippen LogP contribution in [0.15, 0.2) is 29.2 Å². The molecule has 0 N–H and O–H groups in total. The van der Waals surface area contributed by atoms with E-state index in [9.17, 15) is 8.42 Å². The average Bonchev–Trinajstić information content (AvgIpc) is 2.85. The SMILES string of the molecule is CN1CCCC1CN(C)S(=O)(=O)c1ccc(CCCl)cc1. The third kappa shape index (κ3) is 3.97. The summed E-state index contributed by atoms with van der Waals surface area (Å²) in [5.74, 6) is 0.542. The topological polar surface area (TPSA) is 40.6 Å². The van der Waals surface area contributed by atoms with Gasteiger partial charge in [-0.25, -0.2) is 8.42 Å². The number of halogens is 1. The lowest BCUT2D eigenvalue weighted by molar-refractivity contribution is 0.271. The number of sulfonamides is 1. The van der Waals surface area contributed by atoms with E-state index in [1.54, 1.807) is 19.2 Å². The zero-order valence-corrected chi connectivity index (χ0v) is 14.2. The van der Waals surface area contributed by atoms with Gasteiger partial charge in [0, 0.05) is 25.5 Å². The van der Waals surface area contributed by atoms with Gasteiger partial charge in [0.2, 0.25) is 10.0 Å². The maximum Gasteiger partial charge on any atom is 0.242 e. The largest absolute Gasteiger partial charge is 0.302 e. The van der Waals surface area contributed by atoms with Crippen molar-refractivity contribution in [1.29, 1.82) is 0 Å². The number of alkyl halides is 1. The van der Waals surface area contributed by atoms with Crippen LogP contribution in [-0.4, -0.2) is 56.7 Å². The van der Waals surface area contributed by atoms with Gasteiger partial charge in [0.25, 0.3) is 0 Å². The number of hydrogen-bond donors (Lipinski definition) is 0. The fourth-order valence-electron chi connectivity index (χ4n) is 2.72. The fraction of sp³-hybridized carbons (Fsp3) is 0.600. The van der Waals surface area contributed by atoms with Crippen LogP contribution in [0.5, 0.6) is 0 Å². The monoisotopic (exact) mass is 330 g/mol. The number of aryl methyl sites for hydroxylation is 1. The van der Waals surface area contributed by atoms with Gasteiger partial charge in [0.05, 0.1) is 4.90 Å². The second kappa shape index (κ2) is 7.09. The van der Waals surface area contributed by atoms with Crippen molar-refractivity contribution >= 4 is 21.6 Å². The fourth-order valence-corrected chi connectivity index (χ4v) is 4.15. The van der Waals surface area contributed by atoms with Crippen molar-refractivity contribution in [3.63, 3.8) is 0 Å². The van der Waals surface area contributed by atoms with Crippen LogP contribution in [0.4, 0.5) is 0 Å². The van der Waals surface area contributed by atoms with E-state index in [4.69, 9.17) is 11.6 Å². The molecule has 0 bridgehead atoms. The van der Waals surface area contributed by atoms with Gasteiger partial charge < -0.3 is 4.90 Å². The molecule has 0 aromatic heterocycles. The van der Waals surface area contributed by atoms with E-state index in [2.05, 4.69) is 11.9 Å². The van der Waals surface area contributed by atoms with Crippen LogP contribution in [0.3, 0.4) is 0 Å². The van der Waals surface area contributed by atoms with Gasteiger partial charge in [-0.3, -0.25) is 0 Å². The normalized spacial score (nSPS) is 20.3. The number of likely N-dealkylation sites (N-methyl/N-ethyl adjacent to an activating group) is 2. The molecular weight excluding hydrogens is 308 g/mol. The van der Waals surface area contributed by atoms with Gasteiger partial charge in [0.1, 0.15) is 0 Å². The maximum absolute atomic E-state index is 12.6. The van der Waals surface area contributed by atoms with Gasteiger partial charge >= 0.3 is 0 Å². The molecule has 1 aliphatic heterocycles. The van der Waals surface area contributed by atoms with Crippen molar-refractivity contribution in [2.75, 3.05) is 33.1 Å². The summed E-state index contributed by atoms with van der Waals surface area (Å²) in [6, 6.07) is 7.34. The Bertz CT molecular complexity index is 560. The molecule has 0 amide bonds. The zero-order chi connectivity index (χ0) is 15.5. The highest BCUT2D eigenvalue weighted by molar-refractivity contribution is 7.89. The van der Waals surface area contributed by atoms with E-state index in [0.29, 0.717) is 23.4 Å². The minimum absolute atomic E-state index is 0.320. The first-order chi connectivity index (χ1) is 9.95. The van der Waals surface area contributed by atoms with E-state index in [1.807, 2.05) is 12.1 Å². The van der Waals surface area contributed by atoms with Gasteiger partial charge in [-0.05, 0) is 50.6 Å². The number of nitrogens with zero attached hydrogens (tertiary/aromatic N) is 2. The Kier molecular flexibility index (Phi) is 5.66. The van der Waals surface area contributed by atoms with Crippen LogP contribution < -0.4 is 0 Å². The van der Waals surface area contributed by atoms with Crippen molar-refractivity contribution in [3.8, 4) is 0 Å². The third-order valence-electron chi connectivity index (χ3n) is 4.15. The summed E-state index contributed by atoms with van der Waals surface area (Å²) in [6.45, 7) is 1.59. The predicted molar refractivity (Wildman–Crippen MR) is 86.3 cm³/mol. The molecule has 1 atom stereocenters. The Morgan fingerprint density at radius 1 is 1.33 bits per heavy atom. The van der Waals surface area contributed by atoms with Crippen LogP contribution in [-0.2, 0) is 16.4 Å². The van der Waals surface area contributed by atoms with Crippen LogP contribution in [0.25, 0.3) is 0 Å². The van der Waals surface area contributed by atoms with Crippen molar-refractivity contribution in [1.82, 2.24) is 9.21 Å². The first-order valence-corrected chi connectivity index (χ1v) is 9.24. The molecule has 6 heteroatoms. The van der Waals surface area contributed by atoms with Crippen molar-refractivity contribution in [2.45, 2.75) is 30.2 Å². The van der Waals surface area contributed by atoms with E-state index < -0.39 is 10.0 Å². The number of hydrogen-bond acceptors (Lipinski definition) is 3. The quantitative estimate of drug-likeness (QED) is 0.751. The highest BCUT2D eigenvalue weighted by atomic mass is 35.5. The van der Waals surface area contributed by atoms with Crippen LogP contribution in [0.1, 0.15) is 18.4 Å². The summed E-state index contributed by atoms with van der Waals surface area (Å²) in [5, 5.41) is 0. The minimum atomic E-state index is -3.41. The predicted octanol–water partition coefficient (Wildman–Crippen LogP) is 2.18. The number of benzene rings is 1. The summed E-state index contributed by atoms with van der Waals surface area (Å²) in [4.78, 5) is 2.58. The van der Waals surface area contributed by atoms with E-state index in [0.717, 1.165) is 31.4 Å². The molecule has 1 heterocycles. The lowest BCUT2D eigenvalue weighted by Crippen LogP contribution is -2.39. The van der Waals surface area contributed by atoms with Gasteiger partial charge in [-0.2, -0.15) is 4.31 Å². The molecule has 1 aromatic carbocycles. The van der Waals surface area contributed by atoms with Crippen LogP contribution >= 0.6 is 11.6 Å². The molecule has 1 unspecified atom stereocenters. The second-order valence-corrected chi connectivity index (χ2v) is 8.07. The molecule has 0 aliphatic carbocycles. The van der Waals surface area contributed by atoms with E-state index in [1.165, 1.54) is 4.31 Å². The summed E-state index contributed by atoms with van der Waals surface area (Å²) < 4.78 is 26.6. The van der Waals surface area contributed by atoms with Crippen molar-refractivity contribution in [3.05, 3.63) is 29.8 Å². The second-order valence-electron chi connectivity index (χ2n) is 5.65. The van der Waals surface area contributed by atoms with Gasteiger partial charge in [-0.15, -0.1) is 11.6 Å². The van der Waals surface area contributed by atoms with Gasteiger partial charge in [0.15, 0.2) is 0 Å². The summed E-state index contributed by atoms with van der Waals surface area (Å²) in [6.07, 6.45) is 2.96. The standard InChI is InChI=1S/C15H23ClN2O2S/c1-17-11-3-4-14(17)12-18(2)21(19,20)15-7-5-13(6-8-15)9-10-16/h5-8,14H,3-4,9-12H2,1-2H3. The highest BCUT2D eigenvalue weighted by Gasteiger charge is 2.27. The van der Waals surface area contributed by atoms with E-state index >= 15 is 0 Å². The molecule has 0 spiro atoms. The Hall–Kier alpha value is -0.620. The van der Waals surface area contributed by atoms with Crippen molar-refractivity contribution < 1.29 is 8.42 Å². The molecule has 1 aromatic rings. The van der Waals surface area contributed by atoms with Crippen molar-refractivity contribution in [2.24, 2.45) is 0 Å². The highest BCUT2D eigenvalue weighted by Crippen LogP contribution is 2.20. The van der Waals surface area contributed by atoms with Gasteiger partial charge in [-0.1, -0.05) is 12.1 Å². The summed E-state index contributed by atoms with van der Waals surface area (Å²) >= 11 is 5.69.